The second kappa shape index (κ2) is 7.04. The van der Waals surface area contributed by atoms with Crippen LogP contribution in [0.15, 0.2) is 45.8 Å². The van der Waals surface area contributed by atoms with Gasteiger partial charge in [0, 0.05) is 11.6 Å². The van der Waals surface area contributed by atoms with Crippen molar-refractivity contribution in [3.05, 3.63) is 42.3 Å². The Bertz CT molecular complexity index is 1120. The van der Waals surface area contributed by atoms with E-state index < -0.39 is 15.6 Å². The quantitative estimate of drug-likeness (QED) is 0.612. The van der Waals surface area contributed by atoms with Crippen molar-refractivity contribution in [2.45, 2.75) is 10.6 Å². The van der Waals surface area contributed by atoms with Crippen molar-refractivity contribution in [3.8, 4) is 34.4 Å². The molecule has 4 rings (SSSR count). The van der Waals surface area contributed by atoms with Gasteiger partial charge in [0.15, 0.2) is 21.3 Å². The molecule has 0 N–H and O–H groups in total. The summed E-state index contributed by atoms with van der Waals surface area (Å²) in [5.41, 5.74) is 0.621. The van der Waals surface area contributed by atoms with Gasteiger partial charge in [-0.25, -0.2) is 8.42 Å². The highest BCUT2D eigenvalue weighted by Crippen LogP contribution is 2.35. The molecule has 0 aliphatic carbocycles. The Hall–Kier alpha value is -3.27. The van der Waals surface area contributed by atoms with Crippen LogP contribution in [0.4, 0.5) is 0 Å². The molecule has 1 aliphatic rings. The Kier molecular flexibility index (Phi) is 4.55. The third kappa shape index (κ3) is 3.33. The number of nitrogens with zero attached hydrogens (tertiary/aromatic N) is 2. The molecule has 3 aromatic rings. The Balaban J connectivity index is 1.62. The van der Waals surface area contributed by atoms with Gasteiger partial charge in [-0.05, 0) is 30.3 Å². The minimum absolute atomic E-state index is 0.0165. The summed E-state index contributed by atoms with van der Waals surface area (Å²) in [5.74, 6) is 1.52. The minimum atomic E-state index is -3.81. The minimum Gasteiger partial charge on any atom is -0.497 e. The smallest absolute Gasteiger partial charge is 0.242 e. The van der Waals surface area contributed by atoms with Gasteiger partial charge < -0.3 is 23.5 Å². The van der Waals surface area contributed by atoms with Crippen molar-refractivity contribution in [1.82, 2.24) is 10.1 Å². The van der Waals surface area contributed by atoms with Crippen molar-refractivity contribution < 1.29 is 31.9 Å². The van der Waals surface area contributed by atoms with Crippen molar-refractivity contribution >= 4 is 9.84 Å². The molecule has 10 heteroatoms. The number of benzene rings is 2. The van der Waals surface area contributed by atoms with Crippen LogP contribution < -0.4 is 18.9 Å². The normalized spacial score (nSPS) is 12.8. The van der Waals surface area contributed by atoms with Crippen molar-refractivity contribution in [3.63, 3.8) is 0 Å². The second-order valence-electron chi connectivity index (χ2n) is 5.86. The number of sulfone groups is 1. The van der Waals surface area contributed by atoms with Crippen LogP contribution in [0.25, 0.3) is 11.4 Å². The Morgan fingerprint density at radius 2 is 1.86 bits per heavy atom. The van der Waals surface area contributed by atoms with Gasteiger partial charge in [0.05, 0.1) is 14.2 Å². The number of methoxy groups -OCH3 is 2. The van der Waals surface area contributed by atoms with Crippen molar-refractivity contribution in [1.29, 1.82) is 0 Å². The molecule has 2 heterocycles. The first-order chi connectivity index (χ1) is 13.5. The lowest BCUT2D eigenvalue weighted by molar-refractivity contribution is 0.174. The highest BCUT2D eigenvalue weighted by atomic mass is 32.2. The van der Waals surface area contributed by atoms with Gasteiger partial charge in [-0.2, -0.15) is 4.98 Å². The van der Waals surface area contributed by atoms with Crippen molar-refractivity contribution in [2.24, 2.45) is 0 Å². The van der Waals surface area contributed by atoms with Crippen LogP contribution in [0.5, 0.6) is 23.0 Å². The monoisotopic (exact) mass is 404 g/mol. The van der Waals surface area contributed by atoms with Gasteiger partial charge in [-0.3, -0.25) is 0 Å². The number of hydrogen-bond acceptors (Lipinski definition) is 9. The molecule has 28 heavy (non-hydrogen) atoms. The standard InChI is InChI=1S/C18H16N2O7S/c1-23-12-4-6-14(24-2)16(8-12)28(21,22)9-17-19-18(20-27-17)11-3-5-13-15(7-11)26-10-25-13/h3-8H,9-10H2,1-2H3. The predicted molar refractivity (Wildman–Crippen MR) is 96.3 cm³/mol. The second-order valence-corrected chi connectivity index (χ2v) is 7.81. The number of fused-ring (bicyclic) bond motifs is 1. The van der Waals surface area contributed by atoms with Gasteiger partial charge in [0.1, 0.15) is 22.1 Å². The predicted octanol–water partition coefficient (Wildman–Crippen LogP) is 2.46. The van der Waals surface area contributed by atoms with E-state index >= 15 is 0 Å². The SMILES string of the molecule is COc1ccc(OC)c(S(=O)(=O)Cc2nc(-c3ccc4c(c3)OCO4)no2)c1. The van der Waals surface area contributed by atoms with Gasteiger partial charge in [0.25, 0.3) is 0 Å². The molecule has 2 aromatic carbocycles. The van der Waals surface area contributed by atoms with E-state index in [-0.39, 0.29) is 29.2 Å². The van der Waals surface area contributed by atoms with E-state index in [1.54, 1.807) is 24.3 Å². The first kappa shape index (κ1) is 18.1. The summed E-state index contributed by atoms with van der Waals surface area (Å²) in [5, 5.41) is 3.86. The first-order valence-corrected chi connectivity index (χ1v) is 9.83. The van der Waals surface area contributed by atoms with Crippen LogP contribution in [0.2, 0.25) is 0 Å². The maximum Gasteiger partial charge on any atom is 0.242 e. The van der Waals surface area contributed by atoms with E-state index in [1.807, 2.05) is 0 Å². The zero-order valence-corrected chi connectivity index (χ0v) is 15.9. The molecule has 0 fully saturated rings. The van der Waals surface area contributed by atoms with E-state index in [1.165, 1.54) is 26.4 Å². The molecule has 0 amide bonds. The lowest BCUT2D eigenvalue weighted by Gasteiger charge is -2.10. The molecule has 0 atom stereocenters. The maximum absolute atomic E-state index is 12.8. The number of ether oxygens (including phenoxy) is 4. The van der Waals surface area contributed by atoms with E-state index in [0.717, 1.165) is 0 Å². The first-order valence-electron chi connectivity index (χ1n) is 8.17. The van der Waals surface area contributed by atoms with E-state index in [9.17, 15) is 8.42 Å². The fourth-order valence-electron chi connectivity index (χ4n) is 2.73. The molecular formula is C18H16N2O7S. The van der Waals surface area contributed by atoms with Gasteiger partial charge in [0.2, 0.25) is 18.5 Å². The molecule has 0 saturated heterocycles. The highest BCUT2D eigenvalue weighted by molar-refractivity contribution is 7.90. The Morgan fingerprint density at radius 3 is 2.64 bits per heavy atom. The maximum atomic E-state index is 12.8. The average Bonchev–Trinajstić information content (AvgIpc) is 3.35. The summed E-state index contributed by atoms with van der Waals surface area (Å²) in [6, 6.07) is 9.70. The molecule has 1 aromatic heterocycles. The molecule has 9 nitrogen and oxygen atoms in total. The molecule has 146 valence electrons. The molecule has 0 unspecified atom stereocenters. The van der Waals surface area contributed by atoms with E-state index in [2.05, 4.69) is 10.1 Å². The summed E-state index contributed by atoms with van der Waals surface area (Å²) in [4.78, 5) is 4.17. The summed E-state index contributed by atoms with van der Waals surface area (Å²) >= 11 is 0. The molecule has 1 aliphatic heterocycles. The van der Waals surface area contributed by atoms with Gasteiger partial charge in [-0.15, -0.1) is 0 Å². The van der Waals surface area contributed by atoms with E-state index in [0.29, 0.717) is 22.8 Å². The molecular weight excluding hydrogens is 388 g/mol. The summed E-state index contributed by atoms with van der Waals surface area (Å²) < 4.78 is 51.7. The van der Waals surface area contributed by atoms with Crippen LogP contribution >= 0.6 is 0 Å². The fraction of sp³-hybridized carbons (Fsp3) is 0.222. The largest absolute Gasteiger partial charge is 0.497 e. The molecule has 0 radical (unpaired) electrons. The third-order valence-corrected chi connectivity index (χ3v) is 5.73. The Labute approximate surface area is 160 Å². The van der Waals surface area contributed by atoms with Gasteiger partial charge >= 0.3 is 0 Å². The lowest BCUT2D eigenvalue weighted by atomic mass is 10.2. The van der Waals surface area contributed by atoms with Crippen LogP contribution in [0.1, 0.15) is 5.89 Å². The number of aromatic nitrogens is 2. The van der Waals surface area contributed by atoms with E-state index in [4.69, 9.17) is 23.5 Å². The molecule has 0 spiro atoms. The van der Waals surface area contributed by atoms with Crippen LogP contribution in [0.3, 0.4) is 0 Å². The van der Waals surface area contributed by atoms with Crippen LogP contribution in [0, 0.1) is 0 Å². The zero-order valence-electron chi connectivity index (χ0n) is 15.0. The molecule has 0 saturated carbocycles. The average molecular weight is 404 g/mol. The summed E-state index contributed by atoms with van der Waals surface area (Å²) in [6.45, 7) is 0.150. The zero-order chi connectivity index (χ0) is 19.7. The van der Waals surface area contributed by atoms with Crippen molar-refractivity contribution in [2.75, 3.05) is 21.0 Å². The Morgan fingerprint density at radius 1 is 1.04 bits per heavy atom. The number of hydrogen-bond donors (Lipinski definition) is 0. The highest BCUT2D eigenvalue weighted by Gasteiger charge is 2.25. The summed E-state index contributed by atoms with van der Waals surface area (Å²) in [6.07, 6.45) is 0. The topological polar surface area (TPSA) is 110 Å². The lowest BCUT2D eigenvalue weighted by Crippen LogP contribution is -2.07. The third-order valence-electron chi connectivity index (χ3n) is 4.12. The van der Waals surface area contributed by atoms with Gasteiger partial charge in [-0.1, -0.05) is 5.16 Å². The van der Waals surface area contributed by atoms with Crippen LogP contribution in [-0.2, 0) is 15.6 Å². The van der Waals surface area contributed by atoms with Crippen LogP contribution in [-0.4, -0.2) is 39.6 Å². The number of rotatable bonds is 6. The molecule has 0 bridgehead atoms. The fourth-order valence-corrected chi connectivity index (χ4v) is 4.09. The summed E-state index contributed by atoms with van der Waals surface area (Å²) in [7, 11) is -0.967.